The second kappa shape index (κ2) is 7.13. The van der Waals surface area contributed by atoms with Gasteiger partial charge in [-0.3, -0.25) is 9.59 Å². The van der Waals surface area contributed by atoms with Gasteiger partial charge in [-0.2, -0.15) is 0 Å². The van der Waals surface area contributed by atoms with Crippen molar-refractivity contribution in [1.29, 1.82) is 0 Å². The largest absolute Gasteiger partial charge is 0.497 e. The van der Waals surface area contributed by atoms with Gasteiger partial charge < -0.3 is 4.74 Å². The fourth-order valence-corrected chi connectivity index (χ4v) is 3.73. The van der Waals surface area contributed by atoms with E-state index in [1.165, 1.54) is 18.4 Å². The molecule has 0 unspecified atom stereocenters. The average molecular weight is 377 g/mol. The highest BCUT2D eigenvalue weighted by molar-refractivity contribution is 7.21. The summed E-state index contributed by atoms with van der Waals surface area (Å²) in [5.41, 5.74) is 1.15. The highest BCUT2D eigenvalue weighted by Crippen LogP contribution is 2.30. The summed E-state index contributed by atoms with van der Waals surface area (Å²) in [5.74, 6) is 0.350. The van der Waals surface area contributed by atoms with Crippen LogP contribution in [0.1, 0.15) is 10.4 Å². The van der Waals surface area contributed by atoms with E-state index in [1.807, 2.05) is 30.3 Å². The molecule has 0 atom stereocenters. The third-order valence-electron chi connectivity index (χ3n) is 4.16. The number of nitrogens with zero attached hydrogens (tertiary/aromatic N) is 3. The molecule has 0 spiro atoms. The first-order chi connectivity index (χ1) is 13.2. The van der Waals surface area contributed by atoms with E-state index in [-0.39, 0.29) is 17.9 Å². The minimum atomic E-state index is -0.324. The van der Waals surface area contributed by atoms with E-state index in [0.717, 1.165) is 15.1 Å². The van der Waals surface area contributed by atoms with Gasteiger partial charge >= 0.3 is 0 Å². The molecule has 0 amide bonds. The van der Waals surface area contributed by atoms with Gasteiger partial charge in [-0.25, -0.2) is 4.68 Å². The van der Waals surface area contributed by atoms with Gasteiger partial charge in [-0.15, -0.1) is 16.4 Å². The van der Waals surface area contributed by atoms with E-state index >= 15 is 0 Å². The number of hydrogen-bond donors (Lipinski definition) is 0. The van der Waals surface area contributed by atoms with E-state index in [2.05, 4.69) is 10.3 Å². The molecular weight excluding hydrogens is 362 g/mol. The molecule has 0 saturated carbocycles. The Morgan fingerprint density at radius 3 is 2.70 bits per heavy atom. The van der Waals surface area contributed by atoms with Crippen LogP contribution in [0.2, 0.25) is 0 Å². The molecular formula is C20H15N3O3S. The highest BCUT2D eigenvalue weighted by atomic mass is 32.1. The zero-order valence-corrected chi connectivity index (χ0v) is 15.3. The molecule has 0 fully saturated rings. The topological polar surface area (TPSA) is 74.1 Å². The van der Waals surface area contributed by atoms with Gasteiger partial charge in [-0.1, -0.05) is 47.7 Å². The Labute approximate surface area is 158 Å². The van der Waals surface area contributed by atoms with Gasteiger partial charge in [0.15, 0.2) is 10.6 Å². The molecule has 0 bridgehead atoms. The number of benzene rings is 2. The van der Waals surface area contributed by atoms with Gasteiger partial charge in [0, 0.05) is 10.4 Å². The molecule has 0 aliphatic heterocycles. The lowest BCUT2D eigenvalue weighted by Crippen LogP contribution is -2.27. The van der Waals surface area contributed by atoms with Crippen molar-refractivity contribution in [2.45, 2.75) is 6.54 Å². The first kappa shape index (κ1) is 17.1. The Bertz CT molecular complexity index is 1180. The van der Waals surface area contributed by atoms with Crippen LogP contribution in [-0.4, -0.2) is 27.9 Å². The van der Waals surface area contributed by atoms with E-state index < -0.39 is 0 Å². The molecule has 4 aromatic rings. The molecule has 4 rings (SSSR count). The monoisotopic (exact) mass is 377 g/mol. The van der Waals surface area contributed by atoms with Crippen LogP contribution in [0.5, 0.6) is 5.75 Å². The number of thiophene rings is 1. The van der Waals surface area contributed by atoms with E-state index in [9.17, 15) is 9.59 Å². The molecule has 6 nitrogen and oxygen atoms in total. The smallest absolute Gasteiger partial charge is 0.278 e. The number of fused-ring (bicyclic) bond motifs is 1. The van der Waals surface area contributed by atoms with Crippen molar-refractivity contribution in [1.82, 2.24) is 15.0 Å². The number of carbonyl (C=O) groups is 1. The van der Waals surface area contributed by atoms with Crippen LogP contribution >= 0.6 is 11.3 Å². The molecule has 2 heterocycles. The van der Waals surface area contributed by atoms with Crippen LogP contribution in [-0.2, 0) is 6.54 Å². The van der Waals surface area contributed by atoms with Crippen LogP contribution in [0.25, 0.3) is 20.7 Å². The second-order valence-corrected chi connectivity index (χ2v) is 6.93. The molecule has 2 aromatic carbocycles. The van der Waals surface area contributed by atoms with Crippen LogP contribution in [0.15, 0.2) is 65.5 Å². The summed E-state index contributed by atoms with van der Waals surface area (Å²) in [6.45, 7) is -0.175. The number of aromatic nitrogens is 3. The Kier molecular flexibility index (Phi) is 4.52. The average Bonchev–Trinajstić information content (AvgIpc) is 3.16. The van der Waals surface area contributed by atoms with Crippen molar-refractivity contribution in [3.05, 3.63) is 76.6 Å². The standard InChI is InChI=1S/C20H15N3O3S/c1-26-15-9-5-8-14(10-15)17(24)12-23-20(25)16-11-18(27-19(16)21-22-23)13-6-3-2-4-7-13/h2-11H,12H2,1H3. The number of rotatable bonds is 5. The van der Waals surface area contributed by atoms with Crippen molar-refractivity contribution in [3.8, 4) is 16.2 Å². The van der Waals surface area contributed by atoms with Crippen LogP contribution < -0.4 is 10.3 Å². The number of Topliss-reactive ketones (excluding diaryl/α,β-unsaturated/α-hetero) is 1. The van der Waals surface area contributed by atoms with Gasteiger partial charge in [0.2, 0.25) is 0 Å². The van der Waals surface area contributed by atoms with Crippen molar-refractivity contribution < 1.29 is 9.53 Å². The Balaban J connectivity index is 1.67. The fourth-order valence-electron chi connectivity index (χ4n) is 2.76. The maximum absolute atomic E-state index is 12.8. The van der Waals surface area contributed by atoms with Gasteiger partial charge in [0.25, 0.3) is 5.56 Å². The lowest BCUT2D eigenvalue weighted by molar-refractivity contribution is 0.0964. The third-order valence-corrected chi connectivity index (χ3v) is 5.23. The lowest BCUT2D eigenvalue weighted by Gasteiger charge is -2.05. The number of ketones is 1. The molecule has 0 aliphatic carbocycles. The summed E-state index contributed by atoms with van der Waals surface area (Å²) in [6, 6.07) is 18.4. The quantitative estimate of drug-likeness (QED) is 0.498. The Morgan fingerprint density at radius 1 is 1.11 bits per heavy atom. The van der Waals surface area contributed by atoms with Crippen LogP contribution in [0, 0.1) is 0 Å². The molecule has 7 heteroatoms. The van der Waals surface area contributed by atoms with Gasteiger partial charge in [-0.05, 0) is 23.8 Å². The summed E-state index contributed by atoms with van der Waals surface area (Å²) in [6.07, 6.45) is 0. The summed E-state index contributed by atoms with van der Waals surface area (Å²) < 4.78 is 6.24. The molecule has 2 aromatic heterocycles. The molecule has 134 valence electrons. The number of carbonyl (C=O) groups excluding carboxylic acids is 1. The van der Waals surface area contributed by atoms with E-state index in [4.69, 9.17) is 4.74 Å². The zero-order valence-electron chi connectivity index (χ0n) is 14.5. The third kappa shape index (κ3) is 3.37. The number of ether oxygens (including phenoxy) is 1. The highest BCUT2D eigenvalue weighted by Gasteiger charge is 2.14. The predicted molar refractivity (Wildman–Crippen MR) is 104 cm³/mol. The summed E-state index contributed by atoms with van der Waals surface area (Å²) in [7, 11) is 1.54. The molecule has 0 aliphatic rings. The van der Waals surface area contributed by atoms with Gasteiger partial charge in [0.1, 0.15) is 12.3 Å². The lowest BCUT2D eigenvalue weighted by atomic mass is 10.1. The first-order valence-corrected chi connectivity index (χ1v) is 9.07. The minimum absolute atomic E-state index is 0.175. The van der Waals surface area contributed by atoms with Gasteiger partial charge in [0.05, 0.1) is 12.5 Å². The predicted octanol–water partition coefficient (Wildman–Crippen LogP) is 3.41. The second-order valence-electron chi connectivity index (χ2n) is 5.90. The minimum Gasteiger partial charge on any atom is -0.497 e. The summed E-state index contributed by atoms with van der Waals surface area (Å²) >= 11 is 1.41. The Morgan fingerprint density at radius 2 is 1.93 bits per heavy atom. The number of hydrogen-bond acceptors (Lipinski definition) is 6. The normalized spacial score (nSPS) is 10.9. The maximum Gasteiger partial charge on any atom is 0.278 e. The summed E-state index contributed by atoms with van der Waals surface area (Å²) in [4.78, 5) is 26.8. The van der Waals surface area contributed by atoms with Crippen molar-refractivity contribution in [2.24, 2.45) is 0 Å². The SMILES string of the molecule is COc1cccc(C(=O)Cn2nnc3sc(-c4ccccc4)cc3c2=O)c1. The van der Waals surface area contributed by atoms with Crippen LogP contribution in [0.4, 0.5) is 0 Å². The first-order valence-electron chi connectivity index (χ1n) is 8.26. The van der Waals surface area contributed by atoms with E-state index in [1.54, 1.807) is 30.3 Å². The van der Waals surface area contributed by atoms with E-state index in [0.29, 0.717) is 21.5 Å². The number of methoxy groups -OCH3 is 1. The van der Waals surface area contributed by atoms with Crippen molar-refractivity contribution in [3.63, 3.8) is 0 Å². The maximum atomic E-state index is 12.8. The Hall–Kier alpha value is -3.32. The molecule has 0 N–H and O–H groups in total. The zero-order chi connectivity index (χ0) is 18.8. The molecule has 0 saturated heterocycles. The molecule has 27 heavy (non-hydrogen) atoms. The summed E-state index contributed by atoms with van der Waals surface area (Å²) in [5, 5.41) is 8.52. The molecule has 0 radical (unpaired) electrons. The fraction of sp³-hybridized carbons (Fsp3) is 0.100. The van der Waals surface area contributed by atoms with Crippen molar-refractivity contribution in [2.75, 3.05) is 7.11 Å². The van der Waals surface area contributed by atoms with Crippen molar-refractivity contribution >= 4 is 27.3 Å². The van der Waals surface area contributed by atoms with Crippen LogP contribution in [0.3, 0.4) is 0 Å².